The molecule has 0 N–H and O–H groups in total. The summed E-state index contributed by atoms with van der Waals surface area (Å²) in [6.07, 6.45) is 20.2. The molecule has 0 spiro atoms. The highest BCUT2D eigenvalue weighted by molar-refractivity contribution is 5.84. The van der Waals surface area contributed by atoms with Crippen molar-refractivity contribution in [2.24, 2.45) is 4.99 Å². The molecule has 0 aliphatic rings. The summed E-state index contributed by atoms with van der Waals surface area (Å²) in [5.41, 5.74) is 5.93. The van der Waals surface area contributed by atoms with E-state index in [9.17, 15) is 0 Å². The number of fused-ring (bicyclic) bond motifs is 1. The molecule has 0 unspecified atom stereocenters. The van der Waals surface area contributed by atoms with Crippen molar-refractivity contribution >= 4 is 28.6 Å². The summed E-state index contributed by atoms with van der Waals surface area (Å²) >= 11 is 0. The van der Waals surface area contributed by atoms with Crippen LogP contribution in [0.2, 0.25) is 0 Å². The van der Waals surface area contributed by atoms with E-state index < -0.39 is 0 Å². The minimum absolute atomic E-state index is 0.825. The second-order valence-electron chi connectivity index (χ2n) is 8.07. The average molecular weight is 439 g/mol. The molecule has 3 aromatic rings. The molecule has 4 nitrogen and oxygen atoms in total. The number of unbranched alkanes of at least 4 members (excludes halogenated alkanes) is 1. The Bertz CT molecular complexity index is 1320. The minimum Gasteiger partial charge on any atom is -0.265 e. The first-order chi connectivity index (χ1) is 16.1. The topological polar surface area (TPSA) is 42.5 Å². The predicted molar refractivity (Wildman–Crippen MR) is 142 cm³/mol. The van der Waals surface area contributed by atoms with E-state index in [0.29, 0.717) is 0 Å². The van der Waals surface area contributed by atoms with Gasteiger partial charge in [-0.2, -0.15) is 5.10 Å². The van der Waals surface area contributed by atoms with Gasteiger partial charge in [0.25, 0.3) is 0 Å². The zero-order valence-electron chi connectivity index (χ0n) is 20.3. The number of benzene rings is 1. The summed E-state index contributed by atoms with van der Waals surface area (Å²) in [7, 11) is 0. The normalized spacial score (nSPS) is 14.4. The van der Waals surface area contributed by atoms with Gasteiger partial charge in [0.05, 0.1) is 6.20 Å². The van der Waals surface area contributed by atoms with Gasteiger partial charge in [-0.3, -0.25) is 4.99 Å². The van der Waals surface area contributed by atoms with Gasteiger partial charge >= 0.3 is 0 Å². The summed E-state index contributed by atoms with van der Waals surface area (Å²) in [4.78, 5) is 9.37. The maximum atomic E-state index is 4.79. The quantitative estimate of drug-likeness (QED) is 0.310. The lowest BCUT2D eigenvalue weighted by molar-refractivity contribution is 0.935. The minimum atomic E-state index is 0.825. The molecule has 170 valence electrons. The maximum absolute atomic E-state index is 4.79. The number of hydrogen-bond acceptors (Lipinski definition) is 3. The van der Waals surface area contributed by atoms with Crippen LogP contribution < -0.4 is 10.4 Å². The van der Waals surface area contributed by atoms with Crippen molar-refractivity contribution in [3.8, 4) is 0 Å². The molecule has 0 aliphatic heterocycles. The average Bonchev–Trinajstić information content (AvgIpc) is 3.25. The lowest BCUT2D eigenvalue weighted by Crippen LogP contribution is -2.26. The van der Waals surface area contributed by atoms with Crippen molar-refractivity contribution in [2.75, 3.05) is 0 Å². The molecule has 3 rings (SSSR count). The van der Waals surface area contributed by atoms with Crippen LogP contribution in [0.15, 0.2) is 78.9 Å². The first kappa shape index (κ1) is 24.1. The summed E-state index contributed by atoms with van der Waals surface area (Å²) < 4.78 is 1.84. The van der Waals surface area contributed by atoms with E-state index in [1.54, 1.807) is 0 Å². The van der Waals surface area contributed by atoms with Gasteiger partial charge in [0.15, 0.2) is 5.65 Å². The predicted octanol–water partition coefficient (Wildman–Crippen LogP) is 5.87. The Labute approximate surface area is 197 Å². The Morgan fingerprint density at radius 2 is 1.97 bits per heavy atom. The third-order valence-electron chi connectivity index (χ3n) is 5.47. The molecule has 0 aliphatic carbocycles. The Kier molecular flexibility index (Phi) is 8.71. The number of rotatable bonds is 9. The van der Waals surface area contributed by atoms with Crippen molar-refractivity contribution < 1.29 is 0 Å². The fourth-order valence-corrected chi connectivity index (χ4v) is 3.78. The van der Waals surface area contributed by atoms with Crippen LogP contribution in [0, 0.1) is 0 Å². The van der Waals surface area contributed by atoms with Crippen molar-refractivity contribution in [3.05, 3.63) is 95.4 Å². The van der Waals surface area contributed by atoms with Crippen LogP contribution in [0.4, 0.5) is 0 Å². The molecular formula is C29H34N4. The molecule has 0 fully saturated rings. The number of hydrogen-bond donors (Lipinski definition) is 0. The molecule has 4 heteroatoms. The van der Waals surface area contributed by atoms with Gasteiger partial charge in [0.1, 0.15) is 0 Å². The van der Waals surface area contributed by atoms with Crippen LogP contribution in [-0.2, 0) is 0 Å². The van der Waals surface area contributed by atoms with Gasteiger partial charge in [-0.05, 0) is 42.7 Å². The van der Waals surface area contributed by atoms with E-state index >= 15 is 0 Å². The van der Waals surface area contributed by atoms with Gasteiger partial charge in [-0.1, -0.05) is 81.8 Å². The van der Waals surface area contributed by atoms with E-state index in [4.69, 9.17) is 4.98 Å². The van der Waals surface area contributed by atoms with E-state index in [-0.39, 0.29) is 0 Å². The molecule has 33 heavy (non-hydrogen) atoms. The molecule has 0 radical (unpaired) electrons. The zero-order chi connectivity index (χ0) is 23.6. The van der Waals surface area contributed by atoms with Crippen LogP contribution in [0.25, 0.3) is 22.9 Å². The number of allylic oxidation sites excluding steroid dienone is 4. The van der Waals surface area contributed by atoms with Crippen LogP contribution >= 0.6 is 0 Å². The van der Waals surface area contributed by atoms with E-state index in [0.717, 1.165) is 59.3 Å². The van der Waals surface area contributed by atoms with Gasteiger partial charge in [-0.25, -0.2) is 9.50 Å². The molecule has 0 saturated heterocycles. The highest BCUT2D eigenvalue weighted by Crippen LogP contribution is 2.21. The van der Waals surface area contributed by atoms with Crippen molar-refractivity contribution in [2.45, 2.75) is 53.4 Å². The van der Waals surface area contributed by atoms with Crippen LogP contribution in [-0.4, -0.2) is 20.3 Å². The molecule has 0 amide bonds. The molecule has 2 heterocycles. The molecule has 2 aromatic heterocycles. The maximum Gasteiger partial charge on any atom is 0.162 e. The summed E-state index contributed by atoms with van der Waals surface area (Å²) in [6, 6.07) is 8.52. The first-order valence-electron chi connectivity index (χ1n) is 11.7. The van der Waals surface area contributed by atoms with Gasteiger partial charge in [-0.15, -0.1) is 0 Å². The van der Waals surface area contributed by atoms with Crippen molar-refractivity contribution in [1.29, 1.82) is 0 Å². The SMILES string of the molecule is C=C/C(=C\N=C(C)CCC)c1cnc2c(C(/C=C\C)=c3\cccc\c3=C/CCC)cnn2c1. The molecular weight excluding hydrogens is 404 g/mol. The van der Waals surface area contributed by atoms with Crippen molar-refractivity contribution in [1.82, 2.24) is 14.6 Å². The summed E-state index contributed by atoms with van der Waals surface area (Å²) in [5.74, 6) is 0. The van der Waals surface area contributed by atoms with Gasteiger partial charge in [0, 0.05) is 41.0 Å². The monoisotopic (exact) mass is 438 g/mol. The highest BCUT2D eigenvalue weighted by atomic mass is 15.2. The smallest absolute Gasteiger partial charge is 0.162 e. The summed E-state index contributed by atoms with van der Waals surface area (Å²) in [6.45, 7) is 12.4. The Morgan fingerprint density at radius 1 is 1.15 bits per heavy atom. The van der Waals surface area contributed by atoms with Gasteiger partial charge in [0.2, 0.25) is 0 Å². The second kappa shape index (κ2) is 11.9. The Balaban J connectivity index is 2.16. The zero-order valence-corrected chi connectivity index (χ0v) is 20.3. The lowest BCUT2D eigenvalue weighted by Gasteiger charge is -2.05. The van der Waals surface area contributed by atoms with E-state index in [1.165, 1.54) is 10.4 Å². The van der Waals surface area contributed by atoms with E-state index in [2.05, 4.69) is 79.9 Å². The Morgan fingerprint density at radius 3 is 2.70 bits per heavy atom. The first-order valence-corrected chi connectivity index (χ1v) is 11.7. The second-order valence-corrected chi connectivity index (χ2v) is 8.07. The molecule has 0 saturated carbocycles. The molecule has 0 bridgehead atoms. The third kappa shape index (κ3) is 5.83. The van der Waals surface area contributed by atoms with Crippen LogP contribution in [0.5, 0.6) is 0 Å². The van der Waals surface area contributed by atoms with E-state index in [1.807, 2.05) is 42.3 Å². The fourth-order valence-electron chi connectivity index (χ4n) is 3.78. The fraction of sp³-hybridized carbons (Fsp3) is 0.276. The standard InChI is InChI=1S/C29H34N4/c1-6-10-15-24-16-11-12-17-26(24)27(14-8-3)28-20-32-33-21-25(19-31-29(28)33)23(9-4)18-30-22(5)13-7-2/h8-9,11-12,14-21H,4,6-7,10,13H2,1-3,5H3/b14-8-,23-18+,24-15+,27-26+,30-22?. The lowest BCUT2D eigenvalue weighted by atomic mass is 10.0. The van der Waals surface area contributed by atoms with Crippen molar-refractivity contribution in [3.63, 3.8) is 0 Å². The third-order valence-corrected chi connectivity index (χ3v) is 5.47. The molecule has 1 aromatic carbocycles. The van der Waals surface area contributed by atoms with Gasteiger partial charge < -0.3 is 0 Å². The molecule has 0 atom stereocenters. The van der Waals surface area contributed by atoms with Crippen LogP contribution in [0.3, 0.4) is 0 Å². The number of aliphatic imine (C=N–C) groups is 1. The number of aromatic nitrogens is 3. The number of nitrogens with zero attached hydrogens (tertiary/aromatic N) is 4. The van der Waals surface area contributed by atoms with Crippen LogP contribution in [0.1, 0.15) is 64.5 Å². The highest BCUT2D eigenvalue weighted by Gasteiger charge is 2.11. The Hall–Kier alpha value is -3.53. The largest absolute Gasteiger partial charge is 0.265 e. The summed E-state index contributed by atoms with van der Waals surface area (Å²) in [5, 5.41) is 7.06.